The Morgan fingerprint density at radius 1 is 1.31 bits per heavy atom. The maximum absolute atomic E-state index is 13.0. The van der Waals surface area contributed by atoms with Crippen LogP contribution in [-0.4, -0.2) is 16.3 Å². The zero-order valence-electron chi connectivity index (χ0n) is 7.40. The Morgan fingerprint density at radius 2 is 2.00 bits per heavy atom. The summed E-state index contributed by atoms with van der Waals surface area (Å²) in [5.74, 6) is -1.52. The number of ether oxygens (including phenoxy) is 1. The summed E-state index contributed by atoms with van der Waals surface area (Å²) in [4.78, 5) is 6.25. The zero-order valence-corrected chi connectivity index (χ0v) is 8.99. The van der Waals surface area contributed by atoms with E-state index in [4.69, 9.17) is 0 Å². The number of H-pyrrole nitrogens is 1. The number of halogens is 5. The van der Waals surface area contributed by atoms with Crippen LogP contribution in [-0.2, 0) is 0 Å². The highest BCUT2D eigenvalue weighted by Gasteiger charge is 2.32. The number of nitrogens with zero attached hydrogens (tertiary/aromatic N) is 1. The summed E-state index contributed by atoms with van der Waals surface area (Å²) >= 11 is 2.94. The Bertz CT molecular complexity index is 537. The molecule has 1 aromatic heterocycles. The van der Waals surface area contributed by atoms with Crippen LogP contribution in [0.2, 0.25) is 0 Å². The van der Waals surface area contributed by atoms with Gasteiger partial charge in [0, 0.05) is 6.07 Å². The number of aromatic amines is 1. The second-order valence-corrected chi connectivity index (χ2v) is 3.63. The molecule has 0 unspecified atom stereocenters. The van der Waals surface area contributed by atoms with Crippen LogP contribution in [0.15, 0.2) is 16.9 Å². The summed E-state index contributed by atoms with van der Waals surface area (Å²) in [5.41, 5.74) is 0.0247. The van der Waals surface area contributed by atoms with Gasteiger partial charge in [-0.05, 0) is 22.0 Å². The molecule has 0 saturated heterocycles. The molecule has 0 aliphatic carbocycles. The van der Waals surface area contributed by atoms with Crippen LogP contribution in [0.25, 0.3) is 11.0 Å². The monoisotopic (exact) mass is 298 g/mol. The highest BCUT2D eigenvalue weighted by atomic mass is 79.9. The zero-order chi connectivity index (χ0) is 11.9. The maximum Gasteiger partial charge on any atom is 0.573 e. The number of nitrogens with one attached hydrogen (secondary N) is 1. The lowest BCUT2D eigenvalue weighted by Gasteiger charge is -2.08. The molecule has 1 heterocycles. The van der Waals surface area contributed by atoms with Gasteiger partial charge in [-0.25, -0.2) is 9.37 Å². The van der Waals surface area contributed by atoms with Gasteiger partial charge in [-0.3, -0.25) is 0 Å². The molecular weight excluding hydrogens is 296 g/mol. The quantitative estimate of drug-likeness (QED) is 0.820. The van der Waals surface area contributed by atoms with Gasteiger partial charge >= 0.3 is 6.36 Å². The lowest BCUT2D eigenvalue weighted by atomic mass is 10.3. The highest BCUT2D eigenvalue weighted by Crippen LogP contribution is 2.31. The van der Waals surface area contributed by atoms with Gasteiger partial charge in [0.2, 0.25) is 0 Å². The van der Waals surface area contributed by atoms with Crippen LogP contribution in [0.5, 0.6) is 5.75 Å². The summed E-state index contributed by atoms with van der Waals surface area (Å²) in [6.45, 7) is 0. The van der Waals surface area contributed by atoms with Crippen molar-refractivity contribution in [3.63, 3.8) is 0 Å². The van der Waals surface area contributed by atoms with Crippen LogP contribution >= 0.6 is 15.9 Å². The highest BCUT2D eigenvalue weighted by molar-refractivity contribution is 9.10. The minimum atomic E-state index is -4.88. The smallest absolute Gasteiger partial charge is 0.403 e. The van der Waals surface area contributed by atoms with E-state index in [2.05, 4.69) is 30.6 Å². The van der Waals surface area contributed by atoms with Crippen molar-refractivity contribution in [3.05, 3.63) is 22.7 Å². The fraction of sp³-hybridized carbons (Fsp3) is 0.125. The molecule has 8 heteroatoms. The molecule has 86 valence electrons. The molecule has 0 amide bonds. The van der Waals surface area contributed by atoms with Gasteiger partial charge in [0.15, 0.2) is 10.5 Å². The van der Waals surface area contributed by atoms with Crippen LogP contribution in [0.1, 0.15) is 0 Å². The summed E-state index contributed by atoms with van der Waals surface area (Å²) < 4.78 is 52.9. The molecule has 16 heavy (non-hydrogen) atoms. The van der Waals surface area contributed by atoms with Gasteiger partial charge in [-0.2, -0.15) is 0 Å². The number of fused-ring (bicyclic) bond motifs is 1. The summed E-state index contributed by atoms with van der Waals surface area (Å²) in [5, 5.41) is 0. The van der Waals surface area contributed by atoms with Crippen molar-refractivity contribution in [1.82, 2.24) is 9.97 Å². The second-order valence-electron chi connectivity index (χ2n) is 2.88. The number of rotatable bonds is 1. The van der Waals surface area contributed by atoms with E-state index in [1.54, 1.807) is 0 Å². The Labute approximate surface area is 94.6 Å². The van der Waals surface area contributed by atoms with Gasteiger partial charge in [-0.15, -0.1) is 13.2 Å². The SMILES string of the molecule is Fc1cc(OC(F)(F)F)c2nc(Br)[nH]c2c1. The van der Waals surface area contributed by atoms with Gasteiger partial charge in [0.25, 0.3) is 0 Å². The molecule has 0 atom stereocenters. The van der Waals surface area contributed by atoms with Crippen molar-refractivity contribution < 1.29 is 22.3 Å². The van der Waals surface area contributed by atoms with Gasteiger partial charge in [0.1, 0.15) is 11.3 Å². The molecular formula is C8H3BrF4N2O. The molecule has 0 saturated carbocycles. The van der Waals surface area contributed by atoms with Gasteiger partial charge in [0.05, 0.1) is 5.52 Å². The maximum atomic E-state index is 13.0. The summed E-state index contributed by atoms with van der Waals surface area (Å²) in [7, 11) is 0. The van der Waals surface area contributed by atoms with E-state index in [9.17, 15) is 17.6 Å². The van der Waals surface area contributed by atoms with Crippen molar-refractivity contribution in [2.45, 2.75) is 6.36 Å². The minimum absolute atomic E-state index is 0.0920. The normalized spacial score (nSPS) is 12.1. The Morgan fingerprint density at radius 3 is 2.62 bits per heavy atom. The largest absolute Gasteiger partial charge is 0.573 e. The average Bonchev–Trinajstić information content (AvgIpc) is 2.42. The summed E-state index contributed by atoms with van der Waals surface area (Å²) in [6, 6.07) is 1.65. The van der Waals surface area contributed by atoms with E-state index in [0.717, 1.165) is 6.07 Å². The van der Waals surface area contributed by atoms with Crippen LogP contribution in [0, 0.1) is 5.82 Å². The topological polar surface area (TPSA) is 37.9 Å². The second kappa shape index (κ2) is 3.62. The molecule has 2 rings (SSSR count). The third-order valence-electron chi connectivity index (χ3n) is 1.71. The van der Waals surface area contributed by atoms with Crippen molar-refractivity contribution in [2.24, 2.45) is 0 Å². The van der Waals surface area contributed by atoms with E-state index < -0.39 is 17.9 Å². The predicted molar refractivity (Wildman–Crippen MR) is 50.4 cm³/mol. The molecule has 3 nitrogen and oxygen atoms in total. The number of hydrogen-bond acceptors (Lipinski definition) is 2. The van der Waals surface area contributed by atoms with Crippen molar-refractivity contribution >= 4 is 27.0 Å². The molecule has 0 aliphatic rings. The number of alkyl halides is 3. The molecule has 0 spiro atoms. The molecule has 0 radical (unpaired) electrons. The van der Waals surface area contributed by atoms with E-state index in [1.165, 1.54) is 0 Å². The van der Waals surface area contributed by atoms with Crippen LogP contribution < -0.4 is 4.74 Å². The van der Waals surface area contributed by atoms with Crippen molar-refractivity contribution in [3.8, 4) is 5.75 Å². The fourth-order valence-electron chi connectivity index (χ4n) is 1.22. The van der Waals surface area contributed by atoms with Crippen molar-refractivity contribution in [2.75, 3.05) is 0 Å². The molecule has 0 aliphatic heterocycles. The standard InChI is InChI=1S/C8H3BrF4N2O/c9-7-14-4-1-3(10)2-5(6(4)15-7)16-8(11,12)13/h1-2H,(H,14,15). The number of aromatic nitrogens is 2. The fourth-order valence-corrected chi connectivity index (χ4v) is 1.62. The predicted octanol–water partition coefficient (Wildman–Crippen LogP) is 3.36. The van der Waals surface area contributed by atoms with E-state index in [0.29, 0.717) is 6.07 Å². The van der Waals surface area contributed by atoms with Crippen LogP contribution in [0.4, 0.5) is 17.6 Å². The number of benzene rings is 1. The lowest BCUT2D eigenvalue weighted by Crippen LogP contribution is -2.17. The lowest BCUT2D eigenvalue weighted by molar-refractivity contribution is -0.274. The Hall–Kier alpha value is -1.31. The number of imidazole rings is 1. The molecule has 0 bridgehead atoms. The van der Waals surface area contributed by atoms with E-state index in [1.807, 2.05) is 0 Å². The average molecular weight is 299 g/mol. The molecule has 1 N–H and O–H groups in total. The Balaban J connectivity index is 2.58. The van der Waals surface area contributed by atoms with Gasteiger partial charge in [-0.1, -0.05) is 0 Å². The first-order valence-corrected chi connectivity index (χ1v) is 4.75. The first-order chi connectivity index (χ1) is 7.35. The van der Waals surface area contributed by atoms with E-state index >= 15 is 0 Å². The molecule has 0 fully saturated rings. The van der Waals surface area contributed by atoms with Crippen molar-refractivity contribution in [1.29, 1.82) is 0 Å². The minimum Gasteiger partial charge on any atom is -0.403 e. The Kier molecular flexibility index (Phi) is 2.53. The first-order valence-electron chi connectivity index (χ1n) is 3.96. The third kappa shape index (κ3) is 2.26. The number of hydrogen-bond donors (Lipinski definition) is 1. The summed E-state index contributed by atoms with van der Waals surface area (Å²) in [6.07, 6.45) is -4.88. The van der Waals surface area contributed by atoms with Crippen LogP contribution in [0.3, 0.4) is 0 Å². The molecule has 1 aromatic carbocycles. The molecule has 2 aromatic rings. The van der Waals surface area contributed by atoms with E-state index in [-0.39, 0.29) is 15.8 Å². The first kappa shape index (κ1) is 11.2. The van der Waals surface area contributed by atoms with Gasteiger partial charge < -0.3 is 9.72 Å². The third-order valence-corrected chi connectivity index (χ3v) is 2.09.